The fraction of sp³-hybridized carbons (Fsp3) is 0.833. The zero-order valence-corrected chi connectivity index (χ0v) is 6.02. The first-order valence-corrected chi connectivity index (χ1v) is 2.80. The summed E-state index contributed by atoms with van der Waals surface area (Å²) in [5.41, 5.74) is 6.10. The maximum atomic E-state index is 10.7. The molecule has 0 atom stereocenters. The van der Waals surface area contributed by atoms with Crippen LogP contribution >= 0.6 is 0 Å². The molecule has 3 heteroatoms. The molecular weight excluding hydrogens is 118 g/mol. The van der Waals surface area contributed by atoms with Crippen LogP contribution in [0.2, 0.25) is 0 Å². The van der Waals surface area contributed by atoms with Crippen molar-refractivity contribution >= 4 is 5.97 Å². The molecule has 0 aromatic heterocycles. The van der Waals surface area contributed by atoms with Gasteiger partial charge in [0.1, 0.15) is 0 Å². The van der Waals surface area contributed by atoms with Crippen LogP contribution in [-0.2, 0) is 9.53 Å². The summed E-state index contributed by atoms with van der Waals surface area (Å²) in [6.07, 6.45) is 0. The molecule has 9 heavy (non-hydrogen) atoms. The third-order valence-electron chi connectivity index (χ3n) is 0.816. The minimum atomic E-state index is -0.471. The van der Waals surface area contributed by atoms with E-state index in [1.165, 1.54) is 0 Å². The summed E-state index contributed by atoms with van der Waals surface area (Å²) in [5.74, 6) is -0.322. The lowest BCUT2D eigenvalue weighted by Crippen LogP contribution is -2.23. The molecule has 1 N–H and O–H groups in total. The average Bonchev–Trinajstić information content (AvgIpc) is 1.64. The van der Waals surface area contributed by atoms with Crippen molar-refractivity contribution in [3.8, 4) is 0 Å². The van der Waals surface area contributed by atoms with Gasteiger partial charge in [-0.2, -0.15) is 0 Å². The molecule has 0 rings (SSSR count). The van der Waals surface area contributed by atoms with Gasteiger partial charge in [-0.25, -0.2) is 5.73 Å². The van der Waals surface area contributed by atoms with E-state index in [2.05, 4.69) is 4.74 Å². The van der Waals surface area contributed by atoms with E-state index in [1.54, 1.807) is 20.8 Å². The largest absolute Gasteiger partial charge is 0.448 e. The van der Waals surface area contributed by atoms with Crippen LogP contribution in [0, 0.1) is 5.41 Å². The van der Waals surface area contributed by atoms with Crippen molar-refractivity contribution < 1.29 is 9.53 Å². The molecule has 0 saturated heterocycles. The smallest absolute Gasteiger partial charge is 0.312 e. The first-order valence-electron chi connectivity index (χ1n) is 2.80. The number of hydrogen-bond donors (Lipinski definition) is 0. The van der Waals surface area contributed by atoms with Crippen LogP contribution in [0.4, 0.5) is 0 Å². The standard InChI is InChI=1S/C6H12NO2/c1-6(2,3)5(8)9-4-7/h7H,4H2,1-3H3. The van der Waals surface area contributed by atoms with Crippen LogP contribution < -0.4 is 5.73 Å². The second-order valence-corrected chi connectivity index (χ2v) is 2.83. The van der Waals surface area contributed by atoms with Crippen LogP contribution in [0.25, 0.3) is 0 Å². The molecule has 0 aliphatic rings. The van der Waals surface area contributed by atoms with E-state index in [1.807, 2.05) is 0 Å². The summed E-state index contributed by atoms with van der Waals surface area (Å²) in [7, 11) is 0. The van der Waals surface area contributed by atoms with Crippen molar-refractivity contribution in [2.75, 3.05) is 6.73 Å². The van der Waals surface area contributed by atoms with Gasteiger partial charge in [-0.05, 0) is 20.8 Å². The van der Waals surface area contributed by atoms with E-state index in [0.29, 0.717) is 0 Å². The molecule has 3 nitrogen and oxygen atoms in total. The normalized spacial score (nSPS) is 11.1. The molecule has 0 saturated carbocycles. The van der Waals surface area contributed by atoms with Crippen molar-refractivity contribution in [1.82, 2.24) is 5.73 Å². The highest BCUT2D eigenvalue weighted by molar-refractivity contribution is 5.75. The van der Waals surface area contributed by atoms with Gasteiger partial charge in [-0.15, -0.1) is 0 Å². The van der Waals surface area contributed by atoms with Crippen LogP contribution in [0.15, 0.2) is 0 Å². The molecular formula is C6H12NO2. The molecule has 0 fully saturated rings. The summed E-state index contributed by atoms with van der Waals surface area (Å²) >= 11 is 0. The summed E-state index contributed by atoms with van der Waals surface area (Å²) in [5, 5.41) is 0. The predicted octanol–water partition coefficient (Wildman–Crippen LogP) is 0.816. The Bertz CT molecular complexity index is 104. The second kappa shape index (κ2) is 2.82. The molecule has 0 aliphatic carbocycles. The Balaban J connectivity index is 3.74. The number of rotatable bonds is 1. The van der Waals surface area contributed by atoms with E-state index < -0.39 is 5.41 Å². The molecule has 0 heterocycles. The highest BCUT2D eigenvalue weighted by atomic mass is 16.5. The second-order valence-electron chi connectivity index (χ2n) is 2.83. The fourth-order valence-corrected chi connectivity index (χ4v) is 0.282. The fourth-order valence-electron chi connectivity index (χ4n) is 0.282. The zero-order chi connectivity index (χ0) is 7.49. The average molecular weight is 130 g/mol. The molecule has 0 spiro atoms. The highest BCUT2D eigenvalue weighted by Gasteiger charge is 2.22. The van der Waals surface area contributed by atoms with Gasteiger partial charge in [-0.3, -0.25) is 4.79 Å². The van der Waals surface area contributed by atoms with E-state index in [9.17, 15) is 4.79 Å². The Labute approximate surface area is 55.2 Å². The molecule has 0 aromatic rings. The molecule has 0 bridgehead atoms. The molecule has 0 aliphatic heterocycles. The van der Waals surface area contributed by atoms with Gasteiger partial charge < -0.3 is 4.74 Å². The van der Waals surface area contributed by atoms with Crippen LogP contribution in [0.3, 0.4) is 0 Å². The third kappa shape index (κ3) is 3.08. The van der Waals surface area contributed by atoms with Crippen LogP contribution in [0.1, 0.15) is 20.8 Å². The molecule has 0 amide bonds. The molecule has 0 aromatic carbocycles. The van der Waals surface area contributed by atoms with E-state index in [-0.39, 0.29) is 12.7 Å². The maximum absolute atomic E-state index is 10.7. The first kappa shape index (κ1) is 8.43. The highest BCUT2D eigenvalue weighted by Crippen LogP contribution is 2.14. The van der Waals surface area contributed by atoms with Crippen molar-refractivity contribution in [3.63, 3.8) is 0 Å². The van der Waals surface area contributed by atoms with Crippen LogP contribution in [-0.4, -0.2) is 12.7 Å². The lowest BCUT2D eigenvalue weighted by Gasteiger charge is -2.14. The minimum Gasteiger partial charge on any atom is -0.448 e. The molecule has 1 radical (unpaired) electrons. The Morgan fingerprint density at radius 1 is 1.56 bits per heavy atom. The Hall–Kier alpha value is -0.570. The maximum Gasteiger partial charge on any atom is 0.312 e. The predicted molar refractivity (Wildman–Crippen MR) is 33.5 cm³/mol. The summed E-state index contributed by atoms with van der Waals surface area (Å²) in [6.45, 7) is 4.98. The Kier molecular flexibility index (Phi) is 2.65. The number of ether oxygens (including phenoxy) is 1. The van der Waals surface area contributed by atoms with Gasteiger partial charge in [0.2, 0.25) is 0 Å². The van der Waals surface area contributed by atoms with Crippen LogP contribution in [0.5, 0.6) is 0 Å². The lowest BCUT2D eigenvalue weighted by atomic mass is 9.98. The summed E-state index contributed by atoms with van der Waals surface area (Å²) in [6, 6.07) is 0. The number of nitrogens with one attached hydrogen (secondary N) is 1. The number of esters is 1. The number of carbonyl (C=O) groups excluding carboxylic acids is 1. The number of carbonyl (C=O) groups is 1. The van der Waals surface area contributed by atoms with Gasteiger partial charge in [-0.1, -0.05) is 0 Å². The lowest BCUT2D eigenvalue weighted by molar-refractivity contribution is -0.152. The topological polar surface area (TPSA) is 50.1 Å². The SMILES string of the molecule is CC(C)(C)C(=O)OC[NH]. The summed E-state index contributed by atoms with van der Waals surface area (Å²) < 4.78 is 4.43. The van der Waals surface area contributed by atoms with Crippen molar-refractivity contribution in [2.45, 2.75) is 20.8 Å². The molecule has 53 valence electrons. The van der Waals surface area contributed by atoms with Crippen molar-refractivity contribution in [1.29, 1.82) is 0 Å². The van der Waals surface area contributed by atoms with Gasteiger partial charge >= 0.3 is 5.97 Å². The quantitative estimate of drug-likeness (QED) is 0.493. The van der Waals surface area contributed by atoms with Gasteiger partial charge in [0.05, 0.1) is 5.41 Å². The van der Waals surface area contributed by atoms with Crippen molar-refractivity contribution in [3.05, 3.63) is 0 Å². The van der Waals surface area contributed by atoms with Gasteiger partial charge in [0.15, 0.2) is 6.73 Å². The monoisotopic (exact) mass is 130 g/mol. The van der Waals surface area contributed by atoms with E-state index >= 15 is 0 Å². The number of hydrogen-bond acceptors (Lipinski definition) is 2. The van der Waals surface area contributed by atoms with Gasteiger partial charge in [0, 0.05) is 0 Å². The van der Waals surface area contributed by atoms with E-state index in [0.717, 1.165) is 0 Å². The van der Waals surface area contributed by atoms with Gasteiger partial charge in [0.25, 0.3) is 0 Å². The minimum absolute atomic E-state index is 0.282. The Morgan fingerprint density at radius 3 is 2.11 bits per heavy atom. The van der Waals surface area contributed by atoms with E-state index in [4.69, 9.17) is 5.73 Å². The Morgan fingerprint density at radius 2 is 2.00 bits per heavy atom. The summed E-state index contributed by atoms with van der Waals surface area (Å²) in [4.78, 5) is 10.7. The van der Waals surface area contributed by atoms with Crippen molar-refractivity contribution in [2.24, 2.45) is 5.41 Å². The molecule has 0 unspecified atom stereocenters. The zero-order valence-electron chi connectivity index (χ0n) is 6.02. The third-order valence-corrected chi connectivity index (χ3v) is 0.816. The first-order chi connectivity index (χ1) is 3.98.